The SMILES string of the molecule is CC(F)(F)C=O.CN[C@H](C)C(Nc1ccc(N2CC3(CC(F)C3)C2)cc1C=N)c1ccc(C(C)(C)O)cc1. The number of aliphatic hydroxyl groups is 1. The van der Waals surface area contributed by atoms with Gasteiger partial charge < -0.3 is 26.0 Å². The van der Waals surface area contributed by atoms with Gasteiger partial charge in [-0.25, -0.2) is 4.39 Å². The van der Waals surface area contributed by atoms with Crippen LogP contribution in [0.2, 0.25) is 0 Å². The van der Waals surface area contributed by atoms with Gasteiger partial charge in [0.05, 0.1) is 11.6 Å². The van der Waals surface area contributed by atoms with Gasteiger partial charge in [-0.2, -0.15) is 8.78 Å². The third-order valence-corrected chi connectivity index (χ3v) is 7.37. The van der Waals surface area contributed by atoms with Crippen LogP contribution in [0.15, 0.2) is 42.5 Å². The molecule has 208 valence electrons. The third kappa shape index (κ3) is 7.14. The van der Waals surface area contributed by atoms with Crippen LogP contribution in [0.25, 0.3) is 0 Å². The summed E-state index contributed by atoms with van der Waals surface area (Å²) in [6.45, 7) is 8.05. The van der Waals surface area contributed by atoms with E-state index >= 15 is 0 Å². The summed E-state index contributed by atoms with van der Waals surface area (Å²) < 4.78 is 35.5. The number of likely N-dealkylation sites (N-methyl/N-ethyl adjacent to an activating group) is 1. The Morgan fingerprint density at radius 3 is 2.16 bits per heavy atom. The Hall–Kier alpha value is -2.91. The first-order valence-corrected chi connectivity index (χ1v) is 12.8. The normalized spacial score (nSPS) is 18.4. The fraction of sp³-hybridized carbons (Fsp3) is 0.517. The molecule has 0 amide bonds. The van der Waals surface area contributed by atoms with Crippen molar-refractivity contribution in [2.45, 2.75) is 70.3 Å². The molecule has 1 aliphatic carbocycles. The molecule has 2 aromatic carbocycles. The van der Waals surface area contributed by atoms with Gasteiger partial charge in [-0.3, -0.25) is 4.79 Å². The van der Waals surface area contributed by atoms with Crippen LogP contribution in [0.1, 0.15) is 63.3 Å². The monoisotopic (exact) mass is 532 g/mol. The van der Waals surface area contributed by atoms with Crippen LogP contribution >= 0.6 is 0 Å². The van der Waals surface area contributed by atoms with Crippen LogP contribution in [0.4, 0.5) is 24.5 Å². The standard InChI is InChI=1S/C26H35FN4O.C3H4F2O/c1-17(29-4)24(18-5-7-20(8-6-18)25(2,3)32)30-23-10-9-22(11-19(23)14-28)31-15-26(16-31)12-21(27)13-26;1-3(4,5)2-6/h5-11,14,17,21,24,28-30,32H,12-13,15-16H2,1-4H3;2H,1H3/t17-,24?;/m1./s1. The molecule has 38 heavy (non-hydrogen) atoms. The van der Waals surface area contributed by atoms with Gasteiger partial charge in [-0.15, -0.1) is 0 Å². The second-order valence-corrected chi connectivity index (χ2v) is 11.2. The molecule has 1 saturated carbocycles. The number of benzene rings is 2. The third-order valence-electron chi connectivity index (χ3n) is 7.37. The number of aldehydes is 1. The highest BCUT2D eigenvalue weighted by Crippen LogP contribution is 2.51. The van der Waals surface area contributed by atoms with E-state index in [2.05, 4.69) is 28.5 Å². The highest BCUT2D eigenvalue weighted by Gasteiger charge is 2.52. The Balaban J connectivity index is 0.000000599. The average Bonchev–Trinajstić information content (AvgIpc) is 2.83. The van der Waals surface area contributed by atoms with Gasteiger partial charge in [0.15, 0.2) is 6.29 Å². The Labute approximate surface area is 223 Å². The lowest BCUT2D eigenvalue weighted by Crippen LogP contribution is -2.63. The van der Waals surface area contributed by atoms with Gasteiger partial charge in [-0.1, -0.05) is 24.3 Å². The lowest BCUT2D eigenvalue weighted by atomic mass is 9.62. The van der Waals surface area contributed by atoms with Gasteiger partial charge >= 0.3 is 0 Å². The summed E-state index contributed by atoms with van der Waals surface area (Å²) in [6, 6.07) is 14.3. The first-order chi connectivity index (χ1) is 17.7. The summed E-state index contributed by atoms with van der Waals surface area (Å²) in [5, 5.41) is 25.2. The zero-order chi connectivity index (χ0) is 28.3. The first kappa shape index (κ1) is 29.6. The molecular weight excluding hydrogens is 493 g/mol. The van der Waals surface area contributed by atoms with Crippen molar-refractivity contribution in [1.82, 2.24) is 5.32 Å². The fourth-order valence-electron chi connectivity index (χ4n) is 5.01. The molecule has 9 heteroatoms. The largest absolute Gasteiger partial charge is 0.386 e. The van der Waals surface area contributed by atoms with E-state index in [-0.39, 0.29) is 17.5 Å². The van der Waals surface area contributed by atoms with E-state index in [0.717, 1.165) is 41.2 Å². The maximum atomic E-state index is 13.3. The van der Waals surface area contributed by atoms with Crippen molar-refractivity contribution in [3.8, 4) is 0 Å². The minimum absolute atomic E-state index is 0.0100. The molecule has 0 aromatic heterocycles. The average molecular weight is 533 g/mol. The molecule has 1 unspecified atom stereocenters. The molecular formula is C29H39F3N4O2. The summed E-state index contributed by atoms with van der Waals surface area (Å²) in [5.41, 5.74) is 4.12. The minimum atomic E-state index is -3.14. The molecule has 1 aliphatic heterocycles. The number of hydrogen-bond acceptors (Lipinski definition) is 6. The number of nitrogens with one attached hydrogen (secondary N) is 3. The summed E-state index contributed by atoms with van der Waals surface area (Å²) in [6.07, 6.45) is 1.75. The molecule has 0 radical (unpaired) electrons. The van der Waals surface area contributed by atoms with Crippen molar-refractivity contribution in [1.29, 1.82) is 5.41 Å². The number of halogens is 3. The van der Waals surface area contributed by atoms with Crippen LogP contribution in [-0.2, 0) is 10.4 Å². The quantitative estimate of drug-likeness (QED) is 0.255. The maximum Gasteiger partial charge on any atom is 0.299 e. The van der Waals surface area contributed by atoms with Crippen LogP contribution < -0.4 is 15.5 Å². The zero-order valence-electron chi connectivity index (χ0n) is 22.7. The number of rotatable bonds is 9. The summed E-state index contributed by atoms with van der Waals surface area (Å²) >= 11 is 0. The van der Waals surface area contributed by atoms with E-state index in [1.165, 1.54) is 6.21 Å². The molecule has 4 rings (SSSR count). The van der Waals surface area contributed by atoms with E-state index < -0.39 is 24.0 Å². The van der Waals surface area contributed by atoms with Crippen molar-refractivity contribution in [2.24, 2.45) is 5.41 Å². The van der Waals surface area contributed by atoms with E-state index in [0.29, 0.717) is 19.8 Å². The van der Waals surface area contributed by atoms with E-state index in [9.17, 15) is 18.3 Å². The van der Waals surface area contributed by atoms with Crippen LogP contribution in [0.3, 0.4) is 0 Å². The highest BCUT2D eigenvalue weighted by molar-refractivity contribution is 5.88. The molecule has 2 aliphatic rings. The van der Waals surface area contributed by atoms with Gasteiger partial charge in [-0.05, 0) is 70.0 Å². The van der Waals surface area contributed by atoms with E-state index in [1.807, 2.05) is 43.4 Å². The Bertz CT molecular complexity index is 1100. The summed E-state index contributed by atoms with van der Waals surface area (Å²) in [7, 11) is 1.94. The van der Waals surface area contributed by atoms with Gasteiger partial charge in [0.25, 0.3) is 5.92 Å². The minimum Gasteiger partial charge on any atom is -0.386 e. The molecule has 4 N–H and O–H groups in total. The number of anilines is 2. The molecule has 2 fully saturated rings. The Morgan fingerprint density at radius 2 is 1.71 bits per heavy atom. The lowest BCUT2D eigenvalue weighted by Gasteiger charge is -2.58. The second-order valence-electron chi connectivity index (χ2n) is 11.2. The molecule has 0 bridgehead atoms. The maximum absolute atomic E-state index is 13.3. The van der Waals surface area contributed by atoms with Crippen molar-refractivity contribution in [3.05, 3.63) is 59.2 Å². The van der Waals surface area contributed by atoms with Crippen molar-refractivity contribution >= 4 is 23.9 Å². The van der Waals surface area contributed by atoms with Gasteiger partial charge in [0.1, 0.15) is 6.17 Å². The van der Waals surface area contributed by atoms with Crippen LogP contribution in [-0.4, -0.2) is 55.9 Å². The predicted octanol–water partition coefficient (Wildman–Crippen LogP) is 5.45. The van der Waals surface area contributed by atoms with E-state index in [1.54, 1.807) is 13.8 Å². The Kier molecular flexibility index (Phi) is 8.93. The smallest absolute Gasteiger partial charge is 0.299 e. The number of nitrogens with zero attached hydrogens (tertiary/aromatic N) is 1. The molecule has 1 saturated heterocycles. The van der Waals surface area contributed by atoms with Gasteiger partial charge in [0, 0.05) is 54.6 Å². The molecule has 1 spiro atoms. The number of carbonyl (C=O) groups excluding carboxylic acids is 1. The zero-order valence-corrected chi connectivity index (χ0v) is 22.7. The van der Waals surface area contributed by atoms with Crippen LogP contribution in [0, 0.1) is 10.8 Å². The molecule has 6 nitrogen and oxygen atoms in total. The van der Waals surface area contributed by atoms with Crippen molar-refractivity contribution in [2.75, 3.05) is 30.4 Å². The van der Waals surface area contributed by atoms with Crippen molar-refractivity contribution in [3.63, 3.8) is 0 Å². The van der Waals surface area contributed by atoms with Crippen LogP contribution in [0.5, 0.6) is 0 Å². The first-order valence-electron chi connectivity index (χ1n) is 12.8. The van der Waals surface area contributed by atoms with Gasteiger partial charge in [0.2, 0.25) is 0 Å². The highest BCUT2D eigenvalue weighted by atomic mass is 19.3. The fourth-order valence-corrected chi connectivity index (χ4v) is 5.01. The molecule has 2 aromatic rings. The number of alkyl halides is 3. The lowest BCUT2D eigenvalue weighted by molar-refractivity contribution is -0.126. The predicted molar refractivity (Wildman–Crippen MR) is 146 cm³/mol. The summed E-state index contributed by atoms with van der Waals surface area (Å²) in [4.78, 5) is 11.4. The topological polar surface area (TPSA) is 88.5 Å². The number of carbonyl (C=O) groups is 1. The molecule has 2 atom stereocenters. The Morgan fingerprint density at radius 1 is 1.13 bits per heavy atom. The molecule has 1 heterocycles. The van der Waals surface area contributed by atoms with Crippen molar-refractivity contribution < 1.29 is 23.1 Å². The second kappa shape index (κ2) is 11.5. The summed E-state index contributed by atoms with van der Waals surface area (Å²) in [5.74, 6) is -3.14. The van der Waals surface area contributed by atoms with E-state index in [4.69, 9.17) is 10.2 Å². The number of hydrogen-bond donors (Lipinski definition) is 4.